The van der Waals surface area contributed by atoms with Crippen molar-refractivity contribution in [2.24, 2.45) is 7.05 Å². The summed E-state index contributed by atoms with van der Waals surface area (Å²) >= 11 is 0. The molecule has 4 nitrogen and oxygen atoms in total. The molecule has 1 heterocycles. The summed E-state index contributed by atoms with van der Waals surface area (Å²) in [5.41, 5.74) is 1.31. The highest BCUT2D eigenvalue weighted by Gasteiger charge is 2.26. The molecule has 0 saturated heterocycles. The van der Waals surface area contributed by atoms with E-state index in [2.05, 4.69) is 35.5 Å². The van der Waals surface area contributed by atoms with Crippen LogP contribution < -0.4 is 5.32 Å². The Morgan fingerprint density at radius 1 is 1.35 bits per heavy atom. The van der Waals surface area contributed by atoms with E-state index in [9.17, 15) is 0 Å². The summed E-state index contributed by atoms with van der Waals surface area (Å²) in [5.74, 6) is 0. The highest BCUT2D eigenvalue weighted by Crippen LogP contribution is 2.23. The molecule has 0 bridgehead atoms. The summed E-state index contributed by atoms with van der Waals surface area (Å²) in [6, 6.07) is 1.31. The van der Waals surface area contributed by atoms with Crippen molar-refractivity contribution in [1.82, 2.24) is 20.0 Å². The number of nitrogens with zero attached hydrogens (tertiary/aromatic N) is 3. The highest BCUT2D eigenvalue weighted by atomic mass is 15.2. The van der Waals surface area contributed by atoms with Gasteiger partial charge in [-0.1, -0.05) is 26.2 Å². The summed E-state index contributed by atoms with van der Waals surface area (Å²) < 4.78 is 1.89. The van der Waals surface area contributed by atoms with E-state index in [1.54, 1.807) is 0 Å². The molecule has 2 atom stereocenters. The first kappa shape index (κ1) is 15.5. The van der Waals surface area contributed by atoms with E-state index in [1.165, 1.54) is 44.1 Å². The lowest BCUT2D eigenvalue weighted by Crippen LogP contribution is -2.48. The SMILES string of the molecule is CCCNC1CCCCCC1N(C)Cc1cnn(C)c1. The largest absolute Gasteiger partial charge is 0.312 e. The summed E-state index contributed by atoms with van der Waals surface area (Å²) in [7, 11) is 4.25. The molecule has 114 valence electrons. The smallest absolute Gasteiger partial charge is 0.0534 e. The monoisotopic (exact) mass is 278 g/mol. The first-order valence-corrected chi connectivity index (χ1v) is 8.12. The first-order chi connectivity index (χ1) is 9.70. The van der Waals surface area contributed by atoms with Crippen LogP contribution in [0.25, 0.3) is 0 Å². The van der Waals surface area contributed by atoms with Gasteiger partial charge in [-0.25, -0.2) is 0 Å². The minimum absolute atomic E-state index is 0.652. The van der Waals surface area contributed by atoms with E-state index in [1.807, 2.05) is 17.9 Å². The number of aryl methyl sites for hydroxylation is 1. The van der Waals surface area contributed by atoms with Crippen molar-refractivity contribution in [1.29, 1.82) is 0 Å². The van der Waals surface area contributed by atoms with Gasteiger partial charge in [-0.15, -0.1) is 0 Å². The third kappa shape index (κ3) is 4.32. The van der Waals surface area contributed by atoms with Crippen LogP contribution in [0.1, 0.15) is 51.0 Å². The molecule has 1 aliphatic carbocycles. The fraction of sp³-hybridized carbons (Fsp3) is 0.812. The van der Waals surface area contributed by atoms with Gasteiger partial charge in [-0.05, 0) is 32.9 Å². The van der Waals surface area contributed by atoms with Gasteiger partial charge in [-0.3, -0.25) is 9.58 Å². The second-order valence-corrected chi connectivity index (χ2v) is 6.20. The van der Waals surface area contributed by atoms with Gasteiger partial charge in [0.05, 0.1) is 6.20 Å². The molecular formula is C16H30N4. The topological polar surface area (TPSA) is 33.1 Å². The second kappa shape index (κ2) is 7.79. The molecule has 0 amide bonds. The normalized spacial score (nSPS) is 24.0. The van der Waals surface area contributed by atoms with Crippen molar-refractivity contribution in [2.45, 2.75) is 64.1 Å². The molecule has 20 heavy (non-hydrogen) atoms. The van der Waals surface area contributed by atoms with Crippen molar-refractivity contribution < 1.29 is 0 Å². The van der Waals surface area contributed by atoms with Gasteiger partial charge in [0.1, 0.15) is 0 Å². The van der Waals surface area contributed by atoms with Crippen LogP contribution >= 0.6 is 0 Å². The molecule has 0 aromatic carbocycles. The molecule has 0 radical (unpaired) electrons. The third-order valence-corrected chi connectivity index (χ3v) is 4.39. The zero-order chi connectivity index (χ0) is 14.4. The minimum atomic E-state index is 0.652. The van der Waals surface area contributed by atoms with Gasteiger partial charge in [0.2, 0.25) is 0 Å². The third-order valence-electron chi connectivity index (χ3n) is 4.39. The van der Waals surface area contributed by atoms with Crippen LogP contribution in [-0.4, -0.2) is 40.4 Å². The van der Waals surface area contributed by atoms with Crippen molar-refractivity contribution in [3.8, 4) is 0 Å². The van der Waals surface area contributed by atoms with Gasteiger partial charge >= 0.3 is 0 Å². The Kier molecular flexibility index (Phi) is 6.05. The molecule has 0 spiro atoms. The Hall–Kier alpha value is -0.870. The number of rotatable bonds is 6. The van der Waals surface area contributed by atoms with Crippen molar-refractivity contribution in [3.05, 3.63) is 18.0 Å². The maximum Gasteiger partial charge on any atom is 0.0534 e. The Morgan fingerprint density at radius 3 is 2.85 bits per heavy atom. The predicted molar refractivity (Wildman–Crippen MR) is 83.6 cm³/mol. The number of hydrogen-bond donors (Lipinski definition) is 1. The molecule has 4 heteroatoms. The lowest BCUT2D eigenvalue weighted by molar-refractivity contribution is 0.174. The molecule has 1 saturated carbocycles. The van der Waals surface area contributed by atoms with Gasteiger partial charge < -0.3 is 5.32 Å². The predicted octanol–water partition coefficient (Wildman–Crippen LogP) is 2.55. The van der Waals surface area contributed by atoms with E-state index in [4.69, 9.17) is 0 Å². The summed E-state index contributed by atoms with van der Waals surface area (Å²) in [6.45, 7) is 4.39. The molecule has 2 rings (SSSR count). The number of aromatic nitrogens is 2. The molecule has 2 unspecified atom stereocenters. The molecule has 1 aliphatic rings. The van der Waals surface area contributed by atoms with Crippen molar-refractivity contribution in [2.75, 3.05) is 13.6 Å². The Labute approximate surface area is 123 Å². The highest BCUT2D eigenvalue weighted by molar-refractivity contribution is 5.04. The average Bonchev–Trinajstić information content (AvgIpc) is 2.71. The van der Waals surface area contributed by atoms with Gasteiger partial charge in [0, 0.05) is 37.4 Å². The molecule has 1 aromatic rings. The summed E-state index contributed by atoms with van der Waals surface area (Å²) in [4.78, 5) is 2.52. The lowest BCUT2D eigenvalue weighted by atomic mass is 10.0. The van der Waals surface area contributed by atoms with Crippen molar-refractivity contribution >= 4 is 0 Å². The first-order valence-electron chi connectivity index (χ1n) is 8.12. The maximum atomic E-state index is 4.28. The van der Waals surface area contributed by atoms with Gasteiger partial charge in [0.15, 0.2) is 0 Å². The number of nitrogens with one attached hydrogen (secondary N) is 1. The molecule has 1 aromatic heterocycles. The van der Waals surface area contributed by atoms with E-state index >= 15 is 0 Å². The van der Waals surface area contributed by atoms with E-state index < -0.39 is 0 Å². The fourth-order valence-corrected chi connectivity index (χ4v) is 3.34. The number of likely N-dealkylation sites (N-methyl/N-ethyl adjacent to an activating group) is 1. The standard InChI is InChI=1S/C16H30N4/c1-4-10-17-15-8-6-5-7-9-16(15)19(2)12-14-11-18-20(3)13-14/h11,13,15-17H,4-10,12H2,1-3H3. The zero-order valence-corrected chi connectivity index (χ0v) is 13.3. The Morgan fingerprint density at radius 2 is 2.15 bits per heavy atom. The van der Waals surface area contributed by atoms with Crippen LogP contribution in [0.2, 0.25) is 0 Å². The average molecular weight is 278 g/mol. The van der Waals surface area contributed by atoms with E-state index in [0.29, 0.717) is 12.1 Å². The molecular weight excluding hydrogens is 248 g/mol. The maximum absolute atomic E-state index is 4.28. The van der Waals surface area contributed by atoms with Crippen molar-refractivity contribution in [3.63, 3.8) is 0 Å². The van der Waals surface area contributed by atoms with E-state index in [-0.39, 0.29) is 0 Å². The van der Waals surface area contributed by atoms with Gasteiger partial charge in [0.25, 0.3) is 0 Å². The summed E-state index contributed by atoms with van der Waals surface area (Å²) in [5, 5.41) is 8.05. The molecule has 1 N–H and O–H groups in total. The van der Waals surface area contributed by atoms with Gasteiger partial charge in [-0.2, -0.15) is 5.10 Å². The van der Waals surface area contributed by atoms with Crippen LogP contribution in [0.5, 0.6) is 0 Å². The Bertz CT molecular complexity index is 388. The van der Waals surface area contributed by atoms with Crippen LogP contribution in [0, 0.1) is 0 Å². The van der Waals surface area contributed by atoms with E-state index in [0.717, 1.165) is 13.1 Å². The lowest BCUT2D eigenvalue weighted by Gasteiger charge is -2.34. The van der Waals surface area contributed by atoms with Crippen LogP contribution in [0.4, 0.5) is 0 Å². The minimum Gasteiger partial charge on any atom is -0.312 e. The van der Waals surface area contributed by atoms with Crippen LogP contribution in [-0.2, 0) is 13.6 Å². The van der Waals surface area contributed by atoms with Crippen LogP contribution in [0.3, 0.4) is 0 Å². The number of hydrogen-bond acceptors (Lipinski definition) is 3. The zero-order valence-electron chi connectivity index (χ0n) is 13.3. The molecule has 0 aliphatic heterocycles. The Balaban J connectivity index is 1.97. The quantitative estimate of drug-likeness (QED) is 0.812. The fourth-order valence-electron chi connectivity index (χ4n) is 3.34. The second-order valence-electron chi connectivity index (χ2n) is 6.20. The molecule has 1 fully saturated rings. The van der Waals surface area contributed by atoms with Crippen LogP contribution in [0.15, 0.2) is 12.4 Å². The summed E-state index contributed by atoms with van der Waals surface area (Å²) in [6.07, 6.45) is 12.1.